The number of rotatable bonds is 6. The standard InChI is InChI=1S/C33H36F2N4O2/c1-38-8-10-39(11-9-38)29-4-5-30(26(19-29)15-22-6-12-41-13-7-22)33(40)37-32-31-18-23(2-3-25(31)21-36-32)14-24-16-27(34)20-28(35)17-24/h2-5,16-20,22H,6-15,21H2,1H3,(H,36,37,40). The van der Waals surface area contributed by atoms with Crippen molar-refractivity contribution in [3.63, 3.8) is 0 Å². The molecule has 0 unspecified atom stereocenters. The first-order valence-electron chi connectivity index (χ1n) is 14.5. The summed E-state index contributed by atoms with van der Waals surface area (Å²) in [6, 6.07) is 15.7. The molecule has 0 bridgehead atoms. The number of carbonyl (C=O) groups excluding carboxylic acids is 1. The minimum absolute atomic E-state index is 0.166. The normalized spacial score (nSPS) is 17.8. The first-order chi connectivity index (χ1) is 19.9. The van der Waals surface area contributed by atoms with E-state index in [0.29, 0.717) is 35.8 Å². The van der Waals surface area contributed by atoms with E-state index < -0.39 is 11.6 Å². The van der Waals surface area contributed by atoms with Gasteiger partial charge in [0, 0.05) is 62.3 Å². The molecule has 6 rings (SSSR count). The number of ether oxygens (including phenoxy) is 1. The van der Waals surface area contributed by atoms with E-state index in [0.717, 1.165) is 87.0 Å². The summed E-state index contributed by atoms with van der Waals surface area (Å²) in [6.45, 7) is 6.00. The van der Waals surface area contributed by atoms with Crippen LogP contribution < -0.4 is 10.2 Å². The van der Waals surface area contributed by atoms with Gasteiger partial charge in [0.25, 0.3) is 5.91 Å². The van der Waals surface area contributed by atoms with E-state index in [-0.39, 0.29) is 5.91 Å². The number of carbonyl (C=O) groups is 1. The van der Waals surface area contributed by atoms with Gasteiger partial charge in [0.15, 0.2) is 0 Å². The van der Waals surface area contributed by atoms with Crippen LogP contribution in [0.2, 0.25) is 0 Å². The van der Waals surface area contributed by atoms with Crippen molar-refractivity contribution in [1.82, 2.24) is 10.2 Å². The third-order valence-corrected chi connectivity index (χ3v) is 8.45. The fourth-order valence-corrected chi connectivity index (χ4v) is 6.07. The summed E-state index contributed by atoms with van der Waals surface area (Å²) in [4.78, 5) is 23.1. The van der Waals surface area contributed by atoms with Crippen LogP contribution in [0.3, 0.4) is 0 Å². The van der Waals surface area contributed by atoms with Crippen LogP contribution in [-0.4, -0.2) is 63.1 Å². The van der Waals surface area contributed by atoms with E-state index in [9.17, 15) is 13.6 Å². The lowest BCUT2D eigenvalue weighted by atomic mass is 9.89. The number of nitrogens with one attached hydrogen (secondary N) is 1. The molecule has 3 aliphatic heterocycles. The zero-order chi connectivity index (χ0) is 28.3. The van der Waals surface area contributed by atoms with Gasteiger partial charge in [-0.25, -0.2) is 8.78 Å². The molecule has 0 saturated carbocycles. The Bertz CT molecular complexity index is 1440. The summed E-state index contributed by atoms with van der Waals surface area (Å²) in [5, 5.41) is 3.09. The fraction of sp³-hybridized carbons (Fsp3) is 0.394. The molecule has 41 heavy (non-hydrogen) atoms. The Balaban J connectivity index is 1.22. The van der Waals surface area contributed by atoms with Gasteiger partial charge in [0.1, 0.15) is 17.5 Å². The van der Waals surface area contributed by atoms with Crippen LogP contribution in [0.25, 0.3) is 0 Å². The van der Waals surface area contributed by atoms with Crippen molar-refractivity contribution in [3.8, 4) is 0 Å². The minimum atomic E-state index is -0.592. The highest BCUT2D eigenvalue weighted by Crippen LogP contribution is 2.28. The number of hydrogen-bond acceptors (Lipinski definition) is 5. The Labute approximate surface area is 240 Å². The number of fused-ring (bicyclic) bond motifs is 1. The van der Waals surface area contributed by atoms with E-state index in [2.05, 4.69) is 39.3 Å². The maximum Gasteiger partial charge on any atom is 0.257 e. The highest BCUT2D eigenvalue weighted by molar-refractivity contribution is 6.14. The Hall–Kier alpha value is -3.62. The Kier molecular flexibility index (Phi) is 8.12. The molecule has 0 atom stereocenters. The van der Waals surface area contributed by atoms with E-state index in [1.54, 1.807) is 0 Å². The van der Waals surface area contributed by atoms with Crippen LogP contribution in [0.5, 0.6) is 0 Å². The van der Waals surface area contributed by atoms with Crippen molar-refractivity contribution in [3.05, 3.63) is 99.6 Å². The number of nitrogens with zero attached hydrogens (tertiary/aromatic N) is 3. The van der Waals surface area contributed by atoms with Crippen LogP contribution in [0.1, 0.15) is 51.0 Å². The van der Waals surface area contributed by atoms with E-state index in [4.69, 9.17) is 4.74 Å². The first-order valence-corrected chi connectivity index (χ1v) is 14.5. The monoisotopic (exact) mass is 558 g/mol. The van der Waals surface area contributed by atoms with Crippen LogP contribution in [-0.2, 0) is 24.1 Å². The molecule has 0 aromatic heterocycles. The van der Waals surface area contributed by atoms with Gasteiger partial charge in [-0.1, -0.05) is 12.1 Å². The molecule has 6 nitrogen and oxygen atoms in total. The second-order valence-electron chi connectivity index (χ2n) is 11.5. The lowest BCUT2D eigenvalue weighted by Gasteiger charge is -2.34. The Morgan fingerprint density at radius 1 is 0.951 bits per heavy atom. The zero-order valence-electron chi connectivity index (χ0n) is 23.5. The third-order valence-electron chi connectivity index (χ3n) is 8.45. The van der Waals surface area contributed by atoms with E-state index in [1.807, 2.05) is 24.3 Å². The third kappa shape index (κ3) is 6.49. The average molecular weight is 559 g/mol. The van der Waals surface area contributed by atoms with Gasteiger partial charge in [0.2, 0.25) is 0 Å². The average Bonchev–Trinajstić information content (AvgIpc) is 3.35. The van der Waals surface area contributed by atoms with Crippen molar-refractivity contribution in [2.45, 2.75) is 32.2 Å². The smallest absolute Gasteiger partial charge is 0.257 e. The summed E-state index contributed by atoms with van der Waals surface area (Å²) in [5.41, 5.74) is 6.23. The molecule has 3 aromatic carbocycles. The molecule has 8 heteroatoms. The predicted octanol–water partition coefficient (Wildman–Crippen LogP) is 4.97. The van der Waals surface area contributed by atoms with Crippen molar-refractivity contribution in [1.29, 1.82) is 0 Å². The SMILES string of the molecule is CN1CCN(c2ccc(C(=O)NC3=NCc4ccc(Cc5cc(F)cc(F)c5)cc43)c(CC3CCOCC3)c2)CC1. The summed E-state index contributed by atoms with van der Waals surface area (Å²) >= 11 is 0. The highest BCUT2D eigenvalue weighted by atomic mass is 19.1. The van der Waals surface area contributed by atoms with Crippen LogP contribution >= 0.6 is 0 Å². The van der Waals surface area contributed by atoms with Gasteiger partial charge in [-0.15, -0.1) is 0 Å². The Morgan fingerprint density at radius 2 is 1.71 bits per heavy atom. The number of amides is 1. The van der Waals surface area contributed by atoms with E-state index >= 15 is 0 Å². The fourth-order valence-electron chi connectivity index (χ4n) is 6.07. The molecule has 3 aromatic rings. The number of benzene rings is 3. The number of hydrogen-bond donors (Lipinski definition) is 1. The molecule has 1 amide bonds. The molecular formula is C33H36F2N4O2. The lowest BCUT2D eigenvalue weighted by Crippen LogP contribution is -2.44. The molecule has 2 fully saturated rings. The van der Waals surface area contributed by atoms with E-state index in [1.165, 1.54) is 17.8 Å². The molecule has 214 valence electrons. The number of aliphatic imine (C=N–C) groups is 1. The maximum absolute atomic E-state index is 13.7. The van der Waals surface area contributed by atoms with Gasteiger partial charge < -0.3 is 19.9 Å². The minimum Gasteiger partial charge on any atom is -0.381 e. The molecule has 0 spiro atoms. The van der Waals surface area contributed by atoms with Crippen molar-refractivity contribution >= 4 is 17.4 Å². The van der Waals surface area contributed by atoms with Crippen LogP contribution in [0, 0.1) is 17.6 Å². The van der Waals surface area contributed by atoms with Gasteiger partial charge in [-0.3, -0.25) is 9.79 Å². The number of halogens is 2. The van der Waals surface area contributed by atoms with Crippen LogP contribution in [0.4, 0.5) is 14.5 Å². The summed E-state index contributed by atoms with van der Waals surface area (Å²) in [5.74, 6) is -0.326. The lowest BCUT2D eigenvalue weighted by molar-refractivity contribution is 0.0664. The topological polar surface area (TPSA) is 57.2 Å². The molecule has 3 aliphatic rings. The Morgan fingerprint density at radius 3 is 2.46 bits per heavy atom. The zero-order valence-corrected chi connectivity index (χ0v) is 23.5. The molecule has 3 heterocycles. The second-order valence-corrected chi connectivity index (χ2v) is 11.5. The summed E-state index contributed by atoms with van der Waals surface area (Å²) in [7, 11) is 2.15. The van der Waals surface area contributed by atoms with Gasteiger partial charge in [-0.05, 0) is 97.3 Å². The van der Waals surface area contributed by atoms with Gasteiger partial charge in [-0.2, -0.15) is 0 Å². The molecule has 0 radical (unpaired) electrons. The van der Waals surface area contributed by atoms with Crippen LogP contribution in [0.15, 0.2) is 59.6 Å². The van der Waals surface area contributed by atoms with Crippen molar-refractivity contribution in [2.24, 2.45) is 10.9 Å². The number of likely N-dealkylation sites (N-methyl/N-ethyl adjacent to an activating group) is 1. The molecule has 2 saturated heterocycles. The molecule has 1 N–H and O–H groups in total. The first kappa shape index (κ1) is 27.5. The highest BCUT2D eigenvalue weighted by Gasteiger charge is 2.24. The second kappa shape index (κ2) is 12.1. The summed E-state index contributed by atoms with van der Waals surface area (Å²) in [6.07, 6.45) is 3.22. The summed E-state index contributed by atoms with van der Waals surface area (Å²) < 4.78 is 33.0. The van der Waals surface area contributed by atoms with Crippen molar-refractivity contribution in [2.75, 3.05) is 51.3 Å². The van der Waals surface area contributed by atoms with Gasteiger partial charge >= 0.3 is 0 Å². The number of amidine groups is 1. The van der Waals surface area contributed by atoms with Crippen molar-refractivity contribution < 1.29 is 18.3 Å². The quantitative estimate of drug-likeness (QED) is 0.465. The maximum atomic E-state index is 13.7. The molecule has 0 aliphatic carbocycles. The number of piperazine rings is 1. The molecular weight excluding hydrogens is 522 g/mol. The largest absolute Gasteiger partial charge is 0.381 e. The predicted molar refractivity (Wildman–Crippen MR) is 157 cm³/mol. The number of anilines is 1. The van der Waals surface area contributed by atoms with Gasteiger partial charge in [0.05, 0.1) is 6.54 Å².